The van der Waals surface area contributed by atoms with E-state index in [0.29, 0.717) is 0 Å². The van der Waals surface area contributed by atoms with Gasteiger partial charge in [0.15, 0.2) is 0 Å². The lowest BCUT2D eigenvalue weighted by molar-refractivity contribution is 1.01. The van der Waals surface area contributed by atoms with Gasteiger partial charge in [-0.25, -0.2) is 0 Å². The second-order valence-electron chi connectivity index (χ2n) is 7.39. The average molecular weight is 395 g/mol. The van der Waals surface area contributed by atoms with Crippen LogP contribution in [0.15, 0.2) is 91.0 Å². The SMILES string of the molecule is Cn1c2ccccc2c2c3c(ccc21)P(=S)(c1ccccc1)c1ccccc1-3. The molecule has 0 amide bonds. The summed E-state index contributed by atoms with van der Waals surface area (Å²) in [6.45, 7) is 0. The summed E-state index contributed by atoms with van der Waals surface area (Å²) < 4.78 is 2.30. The van der Waals surface area contributed by atoms with Crippen LogP contribution in [0.4, 0.5) is 0 Å². The molecule has 3 heteroatoms. The summed E-state index contributed by atoms with van der Waals surface area (Å²) in [5.74, 6) is 0. The van der Waals surface area contributed by atoms with Crippen LogP contribution in [0.2, 0.25) is 0 Å². The van der Waals surface area contributed by atoms with Gasteiger partial charge in [-0.05, 0) is 23.0 Å². The highest BCUT2D eigenvalue weighted by molar-refractivity contribution is 8.26. The van der Waals surface area contributed by atoms with Gasteiger partial charge in [0.25, 0.3) is 0 Å². The van der Waals surface area contributed by atoms with Gasteiger partial charge in [-0.1, -0.05) is 90.7 Å². The zero-order chi connectivity index (χ0) is 18.9. The third-order valence-corrected chi connectivity index (χ3v) is 11.0. The molecule has 28 heavy (non-hydrogen) atoms. The van der Waals surface area contributed by atoms with Crippen molar-refractivity contribution in [3.05, 3.63) is 91.0 Å². The van der Waals surface area contributed by atoms with Crippen molar-refractivity contribution in [1.82, 2.24) is 4.57 Å². The number of aromatic nitrogens is 1. The number of rotatable bonds is 1. The van der Waals surface area contributed by atoms with Crippen molar-refractivity contribution >= 4 is 55.6 Å². The van der Waals surface area contributed by atoms with E-state index < -0.39 is 6.04 Å². The van der Waals surface area contributed by atoms with Gasteiger partial charge in [-0.3, -0.25) is 0 Å². The topological polar surface area (TPSA) is 4.93 Å². The third kappa shape index (κ3) is 1.90. The standard InChI is InChI=1S/C25H18NPS/c1-26-20-13-7-5-11-18(20)24-21(26)15-16-23-25(24)19-12-6-8-14-22(19)27(23,28)17-9-3-2-4-10-17/h2-16H,1H3. The van der Waals surface area contributed by atoms with E-state index in [1.807, 2.05) is 0 Å². The maximum absolute atomic E-state index is 6.54. The highest BCUT2D eigenvalue weighted by Gasteiger charge is 2.37. The third-order valence-electron chi connectivity index (χ3n) is 6.03. The highest BCUT2D eigenvalue weighted by atomic mass is 32.4. The first-order chi connectivity index (χ1) is 13.7. The fourth-order valence-electron chi connectivity index (χ4n) is 4.78. The van der Waals surface area contributed by atoms with Crippen LogP contribution < -0.4 is 15.9 Å². The quantitative estimate of drug-likeness (QED) is 0.352. The molecule has 2 heterocycles. The summed E-state index contributed by atoms with van der Waals surface area (Å²) in [6.07, 6.45) is 0. The second-order valence-corrected chi connectivity index (χ2v) is 11.7. The molecular weight excluding hydrogens is 377 g/mol. The van der Waals surface area contributed by atoms with Gasteiger partial charge in [0.1, 0.15) is 0 Å². The van der Waals surface area contributed by atoms with Crippen molar-refractivity contribution in [3.8, 4) is 11.1 Å². The van der Waals surface area contributed by atoms with Crippen molar-refractivity contribution in [3.63, 3.8) is 0 Å². The van der Waals surface area contributed by atoms with Crippen molar-refractivity contribution in [2.45, 2.75) is 0 Å². The smallest absolute Gasteiger partial charge is 0.0495 e. The fraction of sp³-hybridized carbons (Fsp3) is 0.0400. The first-order valence-corrected chi connectivity index (χ1v) is 12.3. The number of aryl methyl sites for hydroxylation is 1. The zero-order valence-electron chi connectivity index (χ0n) is 15.5. The summed E-state index contributed by atoms with van der Waals surface area (Å²) in [4.78, 5) is 0. The van der Waals surface area contributed by atoms with Crippen molar-refractivity contribution in [1.29, 1.82) is 0 Å². The van der Waals surface area contributed by atoms with Crippen LogP contribution in [0.1, 0.15) is 0 Å². The molecular formula is C25H18NPS. The Hall–Kier alpha value is -2.67. The number of fused-ring (bicyclic) bond motifs is 7. The summed E-state index contributed by atoms with van der Waals surface area (Å²) in [7, 11) is 2.16. The van der Waals surface area contributed by atoms with Gasteiger partial charge in [0.05, 0.1) is 0 Å². The number of hydrogen-bond donors (Lipinski definition) is 0. The Morgan fingerprint density at radius 2 is 1.39 bits per heavy atom. The number of para-hydroxylation sites is 1. The fourth-order valence-corrected chi connectivity index (χ4v) is 9.14. The average Bonchev–Trinajstić information content (AvgIpc) is 3.20. The molecule has 1 aromatic heterocycles. The van der Waals surface area contributed by atoms with E-state index in [4.69, 9.17) is 11.8 Å². The number of nitrogens with zero attached hydrogens (tertiary/aromatic N) is 1. The molecule has 5 aromatic rings. The summed E-state index contributed by atoms with van der Waals surface area (Å²) in [5, 5.41) is 6.58. The molecule has 0 saturated carbocycles. The van der Waals surface area contributed by atoms with Crippen LogP contribution in [0.3, 0.4) is 0 Å². The second kappa shape index (κ2) is 5.67. The van der Waals surface area contributed by atoms with E-state index in [-0.39, 0.29) is 0 Å². The lowest BCUT2D eigenvalue weighted by Gasteiger charge is -2.19. The van der Waals surface area contributed by atoms with E-state index in [1.54, 1.807) is 0 Å². The first kappa shape index (κ1) is 16.3. The molecule has 4 aromatic carbocycles. The van der Waals surface area contributed by atoms with Crippen LogP contribution in [0, 0.1) is 0 Å². The van der Waals surface area contributed by atoms with Gasteiger partial charge < -0.3 is 4.57 Å². The van der Waals surface area contributed by atoms with E-state index in [0.717, 1.165) is 0 Å². The van der Waals surface area contributed by atoms with Gasteiger partial charge in [-0.2, -0.15) is 0 Å². The van der Waals surface area contributed by atoms with E-state index in [9.17, 15) is 0 Å². The molecule has 0 radical (unpaired) electrons. The summed E-state index contributed by atoms with van der Waals surface area (Å²) >= 11 is 6.54. The Morgan fingerprint density at radius 3 is 2.25 bits per heavy atom. The Bertz CT molecular complexity index is 1450. The molecule has 1 aliphatic rings. The van der Waals surface area contributed by atoms with Crippen LogP contribution in [0.5, 0.6) is 0 Å². The molecule has 1 aliphatic heterocycles. The Kier molecular flexibility index (Phi) is 3.30. The van der Waals surface area contributed by atoms with Crippen molar-refractivity contribution < 1.29 is 0 Å². The predicted molar refractivity (Wildman–Crippen MR) is 125 cm³/mol. The van der Waals surface area contributed by atoms with Gasteiger partial charge in [-0.15, -0.1) is 0 Å². The maximum atomic E-state index is 6.54. The largest absolute Gasteiger partial charge is 0.344 e. The Labute approximate surface area is 169 Å². The molecule has 0 saturated heterocycles. The van der Waals surface area contributed by atoms with Gasteiger partial charge >= 0.3 is 0 Å². The molecule has 6 rings (SSSR count). The van der Waals surface area contributed by atoms with Crippen LogP contribution >= 0.6 is 6.04 Å². The molecule has 0 fully saturated rings. The minimum atomic E-state index is -2.05. The van der Waals surface area contributed by atoms with E-state index in [2.05, 4.69) is 103 Å². The lowest BCUT2D eigenvalue weighted by Crippen LogP contribution is -2.20. The molecule has 0 N–H and O–H groups in total. The minimum absolute atomic E-state index is 1.27. The predicted octanol–water partition coefficient (Wildman–Crippen LogP) is 5.07. The summed E-state index contributed by atoms with van der Waals surface area (Å²) in [5.41, 5.74) is 5.19. The van der Waals surface area contributed by atoms with Crippen LogP contribution in [-0.4, -0.2) is 4.57 Å². The molecule has 0 bridgehead atoms. The van der Waals surface area contributed by atoms with Crippen LogP contribution in [0.25, 0.3) is 32.9 Å². The molecule has 0 aliphatic carbocycles. The van der Waals surface area contributed by atoms with Gasteiger partial charge in [0.2, 0.25) is 0 Å². The number of hydrogen-bond acceptors (Lipinski definition) is 1. The van der Waals surface area contributed by atoms with Crippen molar-refractivity contribution in [2.75, 3.05) is 0 Å². The molecule has 1 nitrogen and oxygen atoms in total. The molecule has 1 unspecified atom stereocenters. The summed E-state index contributed by atoms with van der Waals surface area (Å²) in [6, 6.07) is 30.7. The van der Waals surface area contributed by atoms with Crippen LogP contribution in [-0.2, 0) is 18.9 Å². The lowest BCUT2D eigenvalue weighted by atomic mass is 9.99. The van der Waals surface area contributed by atoms with Gasteiger partial charge in [0, 0.05) is 51.1 Å². The molecule has 0 spiro atoms. The van der Waals surface area contributed by atoms with E-state index >= 15 is 0 Å². The zero-order valence-corrected chi connectivity index (χ0v) is 17.2. The normalized spacial score (nSPS) is 17.8. The van der Waals surface area contributed by atoms with E-state index in [1.165, 1.54) is 48.8 Å². The monoisotopic (exact) mass is 395 g/mol. The minimum Gasteiger partial charge on any atom is -0.344 e. The Balaban J connectivity index is 1.86. The highest BCUT2D eigenvalue weighted by Crippen LogP contribution is 2.54. The maximum Gasteiger partial charge on any atom is 0.0495 e. The first-order valence-electron chi connectivity index (χ1n) is 9.47. The molecule has 134 valence electrons. The molecule has 1 atom stereocenters. The number of benzene rings is 4. The van der Waals surface area contributed by atoms with Crippen molar-refractivity contribution in [2.24, 2.45) is 7.05 Å². The Morgan fingerprint density at radius 1 is 0.679 bits per heavy atom.